The zero-order valence-corrected chi connectivity index (χ0v) is 15.6. The molecular weight excluding hydrogens is 366 g/mol. The van der Waals surface area contributed by atoms with E-state index >= 15 is 0 Å². The molecule has 1 N–H and O–H groups in total. The van der Waals surface area contributed by atoms with Crippen LogP contribution in [0.3, 0.4) is 0 Å². The van der Waals surface area contributed by atoms with E-state index in [9.17, 15) is 9.59 Å². The number of esters is 1. The van der Waals surface area contributed by atoms with Crippen LogP contribution in [0, 0.1) is 0 Å². The van der Waals surface area contributed by atoms with E-state index in [0.717, 1.165) is 0 Å². The predicted molar refractivity (Wildman–Crippen MR) is 98.6 cm³/mol. The summed E-state index contributed by atoms with van der Waals surface area (Å²) in [7, 11) is 3.01. The lowest BCUT2D eigenvalue weighted by Gasteiger charge is -2.12. The minimum Gasteiger partial charge on any atom is -0.497 e. The van der Waals surface area contributed by atoms with E-state index < -0.39 is 18.5 Å². The first-order valence-corrected chi connectivity index (χ1v) is 8.44. The van der Waals surface area contributed by atoms with Crippen molar-refractivity contribution in [2.75, 3.05) is 26.1 Å². The number of nitrogens with zero attached hydrogens (tertiary/aromatic N) is 4. The highest BCUT2D eigenvalue weighted by atomic mass is 16.5. The van der Waals surface area contributed by atoms with Gasteiger partial charge in [0.15, 0.2) is 6.61 Å². The summed E-state index contributed by atoms with van der Waals surface area (Å²) in [6.07, 6.45) is 3.24. The molecule has 2 heterocycles. The Bertz CT molecular complexity index is 1020. The second kappa shape index (κ2) is 8.33. The van der Waals surface area contributed by atoms with Crippen molar-refractivity contribution in [3.8, 4) is 11.5 Å². The number of aryl methyl sites for hydroxylation is 1. The third-order valence-electron chi connectivity index (χ3n) is 3.98. The molecule has 1 aromatic carbocycles. The number of hydrogen-bond donors (Lipinski definition) is 1. The lowest BCUT2D eigenvalue weighted by Crippen LogP contribution is -2.22. The van der Waals surface area contributed by atoms with Crippen molar-refractivity contribution < 1.29 is 23.8 Å². The largest absolute Gasteiger partial charge is 0.497 e. The van der Waals surface area contributed by atoms with E-state index in [1.807, 2.05) is 6.92 Å². The Labute approximate surface area is 160 Å². The molecule has 0 spiro atoms. The molecule has 0 fully saturated rings. The Morgan fingerprint density at radius 1 is 1.18 bits per heavy atom. The van der Waals surface area contributed by atoms with E-state index in [1.165, 1.54) is 31.3 Å². The maximum Gasteiger partial charge on any atom is 0.342 e. The summed E-state index contributed by atoms with van der Waals surface area (Å²) in [6.45, 7) is 1.41. The second-order valence-electron chi connectivity index (χ2n) is 5.63. The van der Waals surface area contributed by atoms with Crippen LogP contribution in [0.25, 0.3) is 5.78 Å². The number of fused-ring (bicyclic) bond motifs is 1. The number of rotatable bonds is 7. The van der Waals surface area contributed by atoms with E-state index in [4.69, 9.17) is 14.2 Å². The zero-order chi connectivity index (χ0) is 20.1. The fourth-order valence-corrected chi connectivity index (χ4v) is 2.63. The number of hydrogen-bond acceptors (Lipinski definition) is 8. The number of carbonyl (C=O) groups excluding carboxylic acids is 2. The van der Waals surface area contributed by atoms with Gasteiger partial charge in [0, 0.05) is 12.3 Å². The van der Waals surface area contributed by atoms with Gasteiger partial charge in [-0.15, -0.1) is 0 Å². The molecule has 10 heteroatoms. The number of ether oxygens (including phenoxy) is 3. The van der Waals surface area contributed by atoms with Crippen LogP contribution in [-0.2, 0) is 16.0 Å². The summed E-state index contributed by atoms with van der Waals surface area (Å²) in [5, 5.41) is 6.68. The highest BCUT2D eigenvalue weighted by molar-refractivity contribution is 5.96. The van der Waals surface area contributed by atoms with Gasteiger partial charge in [-0.2, -0.15) is 10.1 Å². The van der Waals surface area contributed by atoms with E-state index in [0.29, 0.717) is 35.1 Å². The molecule has 0 aliphatic rings. The molecule has 2 aromatic heterocycles. The van der Waals surface area contributed by atoms with Crippen molar-refractivity contribution in [3.05, 3.63) is 42.0 Å². The third kappa shape index (κ3) is 3.85. The molecule has 28 heavy (non-hydrogen) atoms. The van der Waals surface area contributed by atoms with Gasteiger partial charge in [-0.05, 0) is 18.6 Å². The standard InChI is InChI=1S/C18H19N5O5/c1-4-14-12(8-19-18-20-10-21-23(14)18)17(25)28-9-16(24)22-13-6-5-11(26-2)7-15(13)27-3/h5-8,10H,4,9H2,1-3H3,(H,22,24). The molecule has 0 atom stereocenters. The van der Waals surface area contributed by atoms with Gasteiger partial charge in [0.1, 0.15) is 17.8 Å². The fourth-order valence-electron chi connectivity index (χ4n) is 2.63. The normalized spacial score (nSPS) is 10.5. The molecule has 0 aliphatic carbocycles. The molecular formula is C18H19N5O5. The number of nitrogens with one attached hydrogen (secondary N) is 1. The maximum absolute atomic E-state index is 12.4. The molecule has 3 aromatic rings. The maximum atomic E-state index is 12.4. The Balaban J connectivity index is 1.67. The summed E-state index contributed by atoms with van der Waals surface area (Å²) in [4.78, 5) is 32.6. The molecule has 0 bridgehead atoms. The quantitative estimate of drug-likeness (QED) is 0.608. The van der Waals surface area contributed by atoms with Crippen LogP contribution in [0.1, 0.15) is 23.0 Å². The average molecular weight is 385 g/mol. The lowest BCUT2D eigenvalue weighted by molar-refractivity contribution is -0.119. The number of amides is 1. The summed E-state index contributed by atoms with van der Waals surface area (Å²) < 4.78 is 16.9. The van der Waals surface area contributed by atoms with Crippen molar-refractivity contribution >= 4 is 23.3 Å². The summed E-state index contributed by atoms with van der Waals surface area (Å²) >= 11 is 0. The van der Waals surface area contributed by atoms with Gasteiger partial charge < -0.3 is 19.5 Å². The van der Waals surface area contributed by atoms with Crippen LogP contribution in [0.2, 0.25) is 0 Å². The van der Waals surface area contributed by atoms with E-state index in [-0.39, 0.29) is 5.56 Å². The molecule has 0 radical (unpaired) electrons. The van der Waals surface area contributed by atoms with Crippen molar-refractivity contribution in [3.63, 3.8) is 0 Å². The molecule has 0 aliphatic heterocycles. The Morgan fingerprint density at radius 3 is 2.71 bits per heavy atom. The number of anilines is 1. The first kappa shape index (κ1) is 19.1. The minimum absolute atomic E-state index is 0.232. The van der Waals surface area contributed by atoms with Gasteiger partial charge in [0.05, 0.1) is 31.2 Å². The van der Waals surface area contributed by atoms with Crippen LogP contribution in [0.15, 0.2) is 30.7 Å². The molecule has 0 saturated heterocycles. The first-order valence-electron chi connectivity index (χ1n) is 8.44. The van der Waals surface area contributed by atoms with Crippen LogP contribution >= 0.6 is 0 Å². The van der Waals surface area contributed by atoms with Gasteiger partial charge in [-0.3, -0.25) is 4.79 Å². The molecule has 1 amide bonds. The van der Waals surface area contributed by atoms with Gasteiger partial charge >= 0.3 is 5.97 Å². The van der Waals surface area contributed by atoms with Gasteiger partial charge in [0.2, 0.25) is 0 Å². The van der Waals surface area contributed by atoms with Gasteiger partial charge in [-0.1, -0.05) is 6.92 Å². The van der Waals surface area contributed by atoms with Crippen LogP contribution in [0.4, 0.5) is 5.69 Å². The number of aromatic nitrogens is 4. The minimum atomic E-state index is -0.668. The number of carbonyl (C=O) groups is 2. The second-order valence-corrected chi connectivity index (χ2v) is 5.63. The monoisotopic (exact) mass is 385 g/mol. The summed E-state index contributed by atoms with van der Waals surface area (Å²) in [5.74, 6) is 0.221. The summed E-state index contributed by atoms with van der Waals surface area (Å²) in [6, 6.07) is 4.94. The molecule has 0 saturated carbocycles. The highest BCUT2D eigenvalue weighted by Crippen LogP contribution is 2.28. The van der Waals surface area contributed by atoms with E-state index in [2.05, 4.69) is 20.4 Å². The van der Waals surface area contributed by atoms with Crippen molar-refractivity contribution in [2.24, 2.45) is 0 Å². The Kier molecular flexibility index (Phi) is 5.68. The van der Waals surface area contributed by atoms with Crippen LogP contribution in [0.5, 0.6) is 11.5 Å². The predicted octanol–water partition coefficient (Wildman–Crippen LogP) is 1.50. The third-order valence-corrected chi connectivity index (χ3v) is 3.98. The van der Waals surface area contributed by atoms with Crippen molar-refractivity contribution in [1.82, 2.24) is 19.6 Å². The highest BCUT2D eigenvalue weighted by Gasteiger charge is 2.18. The fraction of sp³-hybridized carbons (Fsp3) is 0.278. The Morgan fingerprint density at radius 2 is 2.00 bits per heavy atom. The first-order chi connectivity index (χ1) is 13.6. The number of methoxy groups -OCH3 is 2. The van der Waals surface area contributed by atoms with Crippen LogP contribution in [-0.4, -0.2) is 52.3 Å². The lowest BCUT2D eigenvalue weighted by atomic mass is 10.2. The molecule has 146 valence electrons. The summed E-state index contributed by atoms with van der Waals surface area (Å²) in [5.41, 5.74) is 1.27. The van der Waals surface area contributed by atoms with Gasteiger partial charge in [0.25, 0.3) is 11.7 Å². The van der Waals surface area contributed by atoms with E-state index in [1.54, 1.807) is 18.2 Å². The van der Waals surface area contributed by atoms with Gasteiger partial charge in [-0.25, -0.2) is 14.3 Å². The average Bonchev–Trinajstić information content (AvgIpc) is 3.20. The number of benzene rings is 1. The Hall–Kier alpha value is -3.69. The van der Waals surface area contributed by atoms with Crippen molar-refractivity contribution in [2.45, 2.75) is 13.3 Å². The molecule has 10 nitrogen and oxygen atoms in total. The molecule has 3 rings (SSSR count). The zero-order valence-electron chi connectivity index (χ0n) is 15.6. The topological polar surface area (TPSA) is 117 Å². The SMILES string of the molecule is CCc1c(C(=O)OCC(=O)Nc2ccc(OC)cc2OC)cnc2ncnn12. The van der Waals surface area contributed by atoms with Crippen molar-refractivity contribution in [1.29, 1.82) is 0 Å². The van der Waals surface area contributed by atoms with Crippen LogP contribution < -0.4 is 14.8 Å². The molecule has 0 unspecified atom stereocenters. The smallest absolute Gasteiger partial charge is 0.342 e.